The molecule has 1 aliphatic rings. The second kappa shape index (κ2) is 8.44. The van der Waals surface area contributed by atoms with Crippen molar-refractivity contribution in [2.24, 2.45) is 0 Å². The van der Waals surface area contributed by atoms with Crippen molar-refractivity contribution in [2.75, 3.05) is 25.6 Å². The van der Waals surface area contributed by atoms with Gasteiger partial charge in [0.25, 0.3) is 5.91 Å². The van der Waals surface area contributed by atoms with E-state index in [0.29, 0.717) is 29.2 Å². The quantitative estimate of drug-likeness (QED) is 0.774. The highest BCUT2D eigenvalue weighted by molar-refractivity contribution is 5.97. The number of hydrogen-bond donors (Lipinski definition) is 2. The number of benzene rings is 1. The molecule has 0 saturated carbocycles. The van der Waals surface area contributed by atoms with Crippen LogP contribution in [0.3, 0.4) is 0 Å². The summed E-state index contributed by atoms with van der Waals surface area (Å²) in [6, 6.07) is 10.2. The van der Waals surface area contributed by atoms with E-state index in [2.05, 4.69) is 15.6 Å². The number of nitrogens with one attached hydrogen (secondary N) is 2. The molecule has 0 aliphatic carbocycles. The Morgan fingerprint density at radius 2 is 2.15 bits per heavy atom. The van der Waals surface area contributed by atoms with E-state index in [0.717, 1.165) is 19.4 Å². The van der Waals surface area contributed by atoms with Gasteiger partial charge in [-0.15, -0.1) is 0 Å². The van der Waals surface area contributed by atoms with Gasteiger partial charge in [-0.2, -0.15) is 0 Å². The van der Waals surface area contributed by atoms with E-state index in [9.17, 15) is 9.59 Å². The molecule has 2 heterocycles. The Bertz CT molecular complexity index is 788. The van der Waals surface area contributed by atoms with Crippen LogP contribution in [0.4, 0.5) is 11.5 Å². The van der Waals surface area contributed by atoms with E-state index < -0.39 is 5.97 Å². The Kier molecular flexibility index (Phi) is 5.80. The second-order valence-corrected chi connectivity index (χ2v) is 5.94. The van der Waals surface area contributed by atoms with Crippen molar-refractivity contribution in [3.8, 4) is 0 Å². The maximum atomic E-state index is 12.3. The number of methoxy groups -OCH3 is 1. The van der Waals surface area contributed by atoms with Gasteiger partial charge in [0, 0.05) is 24.9 Å². The van der Waals surface area contributed by atoms with Crippen molar-refractivity contribution in [2.45, 2.75) is 18.9 Å². The van der Waals surface area contributed by atoms with Gasteiger partial charge in [0.05, 0.1) is 24.5 Å². The highest BCUT2D eigenvalue weighted by atomic mass is 16.5. The molecule has 26 heavy (non-hydrogen) atoms. The number of ether oxygens (including phenoxy) is 2. The zero-order chi connectivity index (χ0) is 18.4. The van der Waals surface area contributed by atoms with Crippen LogP contribution < -0.4 is 10.6 Å². The molecule has 136 valence electrons. The first kappa shape index (κ1) is 17.9. The molecule has 1 aromatic heterocycles. The summed E-state index contributed by atoms with van der Waals surface area (Å²) in [7, 11) is 1.33. The number of anilines is 2. The molecule has 1 amide bonds. The summed E-state index contributed by atoms with van der Waals surface area (Å²) in [6.45, 7) is 1.25. The van der Waals surface area contributed by atoms with Crippen LogP contribution in [0.5, 0.6) is 0 Å². The minimum Gasteiger partial charge on any atom is -0.465 e. The average molecular weight is 355 g/mol. The molecule has 1 saturated heterocycles. The van der Waals surface area contributed by atoms with Crippen LogP contribution in [0.1, 0.15) is 33.6 Å². The number of carbonyl (C=O) groups excluding carboxylic acids is 2. The third kappa shape index (κ3) is 4.37. The van der Waals surface area contributed by atoms with E-state index in [1.165, 1.54) is 7.11 Å². The average Bonchev–Trinajstić information content (AvgIpc) is 3.20. The van der Waals surface area contributed by atoms with Gasteiger partial charge in [-0.05, 0) is 37.1 Å². The number of rotatable bonds is 6. The highest BCUT2D eigenvalue weighted by Gasteiger charge is 2.17. The molecule has 1 atom stereocenters. The predicted molar refractivity (Wildman–Crippen MR) is 96.6 cm³/mol. The van der Waals surface area contributed by atoms with Gasteiger partial charge < -0.3 is 20.1 Å². The van der Waals surface area contributed by atoms with Crippen LogP contribution in [0.15, 0.2) is 42.6 Å². The van der Waals surface area contributed by atoms with Crippen molar-refractivity contribution in [1.82, 2.24) is 10.3 Å². The molecule has 1 aromatic carbocycles. The summed E-state index contributed by atoms with van der Waals surface area (Å²) >= 11 is 0. The molecule has 7 heteroatoms. The summed E-state index contributed by atoms with van der Waals surface area (Å²) in [5, 5.41) is 5.94. The van der Waals surface area contributed by atoms with Crippen molar-refractivity contribution in [3.05, 3.63) is 53.7 Å². The Labute approximate surface area is 151 Å². The number of nitrogens with zero attached hydrogens (tertiary/aromatic N) is 1. The van der Waals surface area contributed by atoms with Gasteiger partial charge in [-0.3, -0.25) is 4.79 Å². The molecular formula is C19H21N3O4. The summed E-state index contributed by atoms with van der Waals surface area (Å²) in [5.74, 6) is -0.170. The SMILES string of the molecule is COC(=O)c1ccccc1Nc1cc(C(=O)NCC2CCCO2)ccn1. The van der Waals surface area contributed by atoms with E-state index in [1.807, 2.05) is 0 Å². The van der Waals surface area contributed by atoms with Gasteiger partial charge >= 0.3 is 5.97 Å². The molecule has 0 bridgehead atoms. The van der Waals surface area contributed by atoms with Gasteiger partial charge in [0.1, 0.15) is 5.82 Å². The van der Waals surface area contributed by atoms with Gasteiger partial charge in [0.2, 0.25) is 0 Å². The molecule has 0 radical (unpaired) electrons. The number of pyridine rings is 1. The number of aromatic nitrogens is 1. The summed E-state index contributed by atoms with van der Waals surface area (Å²) in [6.07, 6.45) is 3.63. The number of amides is 1. The maximum Gasteiger partial charge on any atom is 0.339 e. The standard InChI is InChI=1S/C19H21N3O4/c1-25-19(24)15-6-2-3-7-16(15)22-17-11-13(8-9-20-17)18(23)21-12-14-5-4-10-26-14/h2-3,6-9,11,14H,4-5,10,12H2,1H3,(H,20,22)(H,21,23). The third-order valence-corrected chi connectivity index (χ3v) is 4.13. The van der Waals surface area contributed by atoms with Crippen LogP contribution in [0, 0.1) is 0 Å². The molecule has 2 N–H and O–H groups in total. The van der Waals surface area contributed by atoms with Crippen LogP contribution >= 0.6 is 0 Å². The van der Waals surface area contributed by atoms with Crippen molar-refractivity contribution in [3.63, 3.8) is 0 Å². The predicted octanol–water partition coefficient (Wildman–Crippen LogP) is 2.52. The normalized spacial score (nSPS) is 16.1. The van der Waals surface area contributed by atoms with E-state index in [1.54, 1.807) is 42.6 Å². The smallest absolute Gasteiger partial charge is 0.339 e. The Morgan fingerprint density at radius 1 is 1.31 bits per heavy atom. The van der Waals surface area contributed by atoms with Crippen LogP contribution in [0.2, 0.25) is 0 Å². The molecule has 1 fully saturated rings. The van der Waals surface area contributed by atoms with Gasteiger partial charge in [0.15, 0.2) is 0 Å². The lowest BCUT2D eigenvalue weighted by molar-refractivity contribution is 0.0601. The Morgan fingerprint density at radius 3 is 2.92 bits per heavy atom. The molecule has 0 spiro atoms. The van der Waals surface area contributed by atoms with Crippen LogP contribution in [0.25, 0.3) is 0 Å². The van der Waals surface area contributed by atoms with Crippen molar-refractivity contribution >= 4 is 23.4 Å². The zero-order valence-corrected chi connectivity index (χ0v) is 14.5. The summed E-state index contributed by atoms with van der Waals surface area (Å²) in [5.41, 5.74) is 1.44. The Balaban J connectivity index is 1.69. The highest BCUT2D eigenvalue weighted by Crippen LogP contribution is 2.21. The van der Waals surface area contributed by atoms with Crippen LogP contribution in [-0.4, -0.2) is 43.2 Å². The largest absolute Gasteiger partial charge is 0.465 e. The minimum atomic E-state index is -0.446. The monoisotopic (exact) mass is 355 g/mol. The van der Waals surface area contributed by atoms with E-state index >= 15 is 0 Å². The number of para-hydroxylation sites is 1. The third-order valence-electron chi connectivity index (χ3n) is 4.13. The maximum absolute atomic E-state index is 12.3. The van der Waals surface area contributed by atoms with Gasteiger partial charge in [-0.1, -0.05) is 12.1 Å². The van der Waals surface area contributed by atoms with Crippen LogP contribution in [-0.2, 0) is 9.47 Å². The lowest BCUT2D eigenvalue weighted by Gasteiger charge is -2.12. The van der Waals surface area contributed by atoms with Gasteiger partial charge in [-0.25, -0.2) is 9.78 Å². The van der Waals surface area contributed by atoms with E-state index in [-0.39, 0.29) is 12.0 Å². The molecule has 2 aromatic rings. The fourth-order valence-electron chi connectivity index (χ4n) is 2.77. The van der Waals surface area contributed by atoms with E-state index in [4.69, 9.17) is 9.47 Å². The lowest BCUT2D eigenvalue weighted by atomic mass is 10.1. The molecule has 1 aliphatic heterocycles. The van der Waals surface area contributed by atoms with Crippen molar-refractivity contribution < 1.29 is 19.1 Å². The molecular weight excluding hydrogens is 334 g/mol. The fourth-order valence-corrected chi connectivity index (χ4v) is 2.77. The number of hydrogen-bond acceptors (Lipinski definition) is 6. The molecule has 3 rings (SSSR count). The summed E-state index contributed by atoms with van der Waals surface area (Å²) < 4.78 is 10.3. The zero-order valence-electron chi connectivity index (χ0n) is 14.5. The van der Waals surface area contributed by atoms with Crippen molar-refractivity contribution in [1.29, 1.82) is 0 Å². The summed E-state index contributed by atoms with van der Waals surface area (Å²) in [4.78, 5) is 28.4. The topological polar surface area (TPSA) is 89.5 Å². The molecule has 7 nitrogen and oxygen atoms in total. The second-order valence-electron chi connectivity index (χ2n) is 5.94. The lowest BCUT2D eigenvalue weighted by Crippen LogP contribution is -2.31. The molecule has 1 unspecified atom stereocenters. The first-order valence-corrected chi connectivity index (χ1v) is 8.47. The number of carbonyl (C=O) groups is 2. The number of esters is 1. The Hall–Kier alpha value is -2.93. The first-order chi connectivity index (χ1) is 12.7. The first-order valence-electron chi connectivity index (χ1n) is 8.47. The fraction of sp³-hybridized carbons (Fsp3) is 0.316. The minimum absolute atomic E-state index is 0.0883.